The number of carbonyl (C=O) groups excluding carboxylic acids is 1. The van der Waals surface area contributed by atoms with E-state index in [2.05, 4.69) is 10.3 Å². The van der Waals surface area contributed by atoms with Gasteiger partial charge in [0.15, 0.2) is 0 Å². The number of nitrogens with zero attached hydrogens (tertiary/aromatic N) is 3. The molecule has 1 N–H and O–H groups in total. The fourth-order valence-corrected chi connectivity index (χ4v) is 2.43. The Morgan fingerprint density at radius 3 is 2.50 bits per heavy atom. The van der Waals surface area contributed by atoms with Crippen LogP contribution < -0.4 is 11.0 Å². The molecule has 2 aromatic heterocycles. The molecule has 0 saturated heterocycles. The normalized spacial score (nSPS) is 10.8. The van der Waals surface area contributed by atoms with E-state index in [9.17, 15) is 9.59 Å². The quantitative estimate of drug-likeness (QED) is 0.789. The molecule has 1 aromatic carbocycles. The molecule has 2 heterocycles. The van der Waals surface area contributed by atoms with Gasteiger partial charge < -0.3 is 5.32 Å². The van der Waals surface area contributed by atoms with Gasteiger partial charge in [0.25, 0.3) is 5.91 Å². The zero-order valence-corrected chi connectivity index (χ0v) is 12.4. The minimum atomic E-state index is -0.171. The molecule has 6 heteroatoms. The van der Waals surface area contributed by atoms with Crippen LogP contribution in [0.15, 0.2) is 47.5 Å². The van der Waals surface area contributed by atoms with E-state index in [-0.39, 0.29) is 11.6 Å². The molecule has 0 aliphatic heterocycles. The smallest absolute Gasteiger partial charge is 0.328 e. The van der Waals surface area contributed by atoms with Crippen LogP contribution in [0, 0.1) is 0 Å². The summed E-state index contributed by atoms with van der Waals surface area (Å²) in [4.78, 5) is 28.1. The van der Waals surface area contributed by atoms with Gasteiger partial charge in [-0.15, -0.1) is 0 Å². The van der Waals surface area contributed by atoms with Gasteiger partial charge in [0.05, 0.1) is 11.0 Å². The highest BCUT2D eigenvalue weighted by molar-refractivity contribution is 5.97. The summed E-state index contributed by atoms with van der Waals surface area (Å²) in [5.74, 6) is -0.171. The summed E-state index contributed by atoms with van der Waals surface area (Å²) in [6.07, 6.45) is 3.38. The van der Waals surface area contributed by atoms with Crippen LogP contribution in [0.4, 0.5) is 0 Å². The van der Waals surface area contributed by atoms with E-state index in [1.165, 1.54) is 4.57 Å². The number of imidazole rings is 1. The Hall–Kier alpha value is -2.89. The summed E-state index contributed by atoms with van der Waals surface area (Å²) in [6.45, 7) is 0.438. The number of hydrogen-bond acceptors (Lipinski definition) is 3. The van der Waals surface area contributed by atoms with Crippen molar-refractivity contribution in [3.05, 3.63) is 64.3 Å². The Kier molecular flexibility index (Phi) is 3.50. The highest BCUT2D eigenvalue weighted by Crippen LogP contribution is 2.14. The van der Waals surface area contributed by atoms with Crippen LogP contribution in [0.1, 0.15) is 15.9 Å². The summed E-state index contributed by atoms with van der Waals surface area (Å²) in [7, 11) is 3.41. The van der Waals surface area contributed by atoms with E-state index < -0.39 is 0 Å². The van der Waals surface area contributed by atoms with Gasteiger partial charge in [-0.3, -0.25) is 18.9 Å². The first-order valence-electron chi connectivity index (χ1n) is 6.90. The first-order chi connectivity index (χ1) is 10.6. The van der Waals surface area contributed by atoms with E-state index in [1.54, 1.807) is 49.3 Å². The molecule has 112 valence electrons. The maximum absolute atomic E-state index is 12.2. The van der Waals surface area contributed by atoms with Crippen LogP contribution in [0.2, 0.25) is 0 Å². The number of benzene rings is 1. The lowest BCUT2D eigenvalue weighted by molar-refractivity contribution is 0.0951. The van der Waals surface area contributed by atoms with Gasteiger partial charge in [0, 0.05) is 38.6 Å². The third-order valence-electron chi connectivity index (χ3n) is 3.74. The summed E-state index contributed by atoms with van der Waals surface area (Å²) < 4.78 is 3.10. The van der Waals surface area contributed by atoms with Gasteiger partial charge in [0.2, 0.25) is 0 Å². The number of fused-ring (bicyclic) bond motifs is 1. The highest BCUT2D eigenvalue weighted by Gasteiger charge is 2.11. The Morgan fingerprint density at radius 1 is 1.09 bits per heavy atom. The van der Waals surface area contributed by atoms with E-state index in [0.29, 0.717) is 12.1 Å². The fourth-order valence-electron chi connectivity index (χ4n) is 2.43. The van der Waals surface area contributed by atoms with Crippen LogP contribution in [-0.4, -0.2) is 20.0 Å². The third-order valence-corrected chi connectivity index (χ3v) is 3.74. The van der Waals surface area contributed by atoms with Crippen molar-refractivity contribution < 1.29 is 4.79 Å². The molecule has 0 spiro atoms. The Labute approximate surface area is 127 Å². The number of aryl methyl sites for hydroxylation is 2. The van der Waals surface area contributed by atoms with Crippen LogP contribution in [0.25, 0.3) is 11.0 Å². The van der Waals surface area contributed by atoms with Crippen molar-refractivity contribution in [2.24, 2.45) is 14.1 Å². The largest absolute Gasteiger partial charge is 0.348 e. The van der Waals surface area contributed by atoms with E-state index in [1.807, 2.05) is 12.1 Å². The molecule has 0 aliphatic carbocycles. The van der Waals surface area contributed by atoms with Crippen molar-refractivity contribution in [2.45, 2.75) is 6.54 Å². The van der Waals surface area contributed by atoms with Crippen molar-refractivity contribution in [3.8, 4) is 0 Å². The maximum Gasteiger partial charge on any atom is 0.328 e. The summed E-state index contributed by atoms with van der Waals surface area (Å²) in [6, 6.07) is 8.95. The lowest BCUT2D eigenvalue weighted by Crippen LogP contribution is -2.22. The zero-order valence-electron chi connectivity index (χ0n) is 12.4. The van der Waals surface area contributed by atoms with Gasteiger partial charge in [-0.25, -0.2) is 4.79 Å². The second-order valence-electron chi connectivity index (χ2n) is 5.14. The van der Waals surface area contributed by atoms with Crippen molar-refractivity contribution in [2.75, 3.05) is 0 Å². The predicted molar refractivity (Wildman–Crippen MR) is 83.6 cm³/mol. The van der Waals surface area contributed by atoms with Gasteiger partial charge >= 0.3 is 5.69 Å². The van der Waals surface area contributed by atoms with E-state index >= 15 is 0 Å². The lowest BCUT2D eigenvalue weighted by atomic mass is 10.1. The summed E-state index contributed by atoms with van der Waals surface area (Å²) in [5, 5.41) is 2.86. The highest BCUT2D eigenvalue weighted by atomic mass is 16.2. The number of carbonyl (C=O) groups is 1. The molecule has 1 amide bonds. The molecule has 3 aromatic rings. The number of amides is 1. The second kappa shape index (κ2) is 5.48. The zero-order chi connectivity index (χ0) is 15.7. The van der Waals surface area contributed by atoms with Crippen LogP contribution >= 0.6 is 0 Å². The molecule has 0 bridgehead atoms. The molecular weight excluding hydrogens is 280 g/mol. The molecule has 0 aliphatic rings. The average Bonchev–Trinajstić information content (AvgIpc) is 2.78. The Bertz CT molecular complexity index is 894. The van der Waals surface area contributed by atoms with Crippen molar-refractivity contribution in [3.63, 3.8) is 0 Å². The van der Waals surface area contributed by atoms with Crippen molar-refractivity contribution in [1.82, 2.24) is 19.4 Å². The lowest BCUT2D eigenvalue weighted by Gasteiger charge is -2.06. The number of rotatable bonds is 3. The van der Waals surface area contributed by atoms with Crippen LogP contribution in [0.3, 0.4) is 0 Å². The molecule has 3 rings (SSSR count). The minimum absolute atomic E-state index is 0.107. The molecule has 0 unspecified atom stereocenters. The first kappa shape index (κ1) is 14.1. The predicted octanol–water partition coefficient (Wildman–Crippen LogP) is 1.20. The number of nitrogens with one attached hydrogen (secondary N) is 1. The van der Waals surface area contributed by atoms with Gasteiger partial charge in [-0.05, 0) is 35.9 Å². The number of aromatic nitrogens is 3. The molecule has 0 atom stereocenters. The summed E-state index contributed by atoms with van der Waals surface area (Å²) in [5.41, 5.74) is 2.95. The molecular formula is C16H16N4O2. The monoisotopic (exact) mass is 296 g/mol. The number of hydrogen-bond donors (Lipinski definition) is 1. The van der Waals surface area contributed by atoms with Crippen LogP contribution in [0.5, 0.6) is 0 Å². The topological polar surface area (TPSA) is 68.9 Å². The Balaban J connectivity index is 1.85. The summed E-state index contributed by atoms with van der Waals surface area (Å²) >= 11 is 0. The SMILES string of the molecule is Cn1c(=O)n(C)c2cc(C(=O)NCc3ccncc3)ccc21. The van der Waals surface area contributed by atoms with Crippen LogP contribution in [-0.2, 0) is 20.6 Å². The standard InChI is InChI=1S/C16H16N4O2/c1-19-13-4-3-12(9-14(13)20(2)16(19)22)15(21)18-10-11-5-7-17-8-6-11/h3-9H,10H2,1-2H3,(H,18,21). The molecule has 0 fully saturated rings. The molecule has 22 heavy (non-hydrogen) atoms. The van der Waals surface area contributed by atoms with Gasteiger partial charge in [-0.1, -0.05) is 0 Å². The van der Waals surface area contributed by atoms with Gasteiger partial charge in [0.1, 0.15) is 0 Å². The molecule has 6 nitrogen and oxygen atoms in total. The third kappa shape index (κ3) is 2.39. The van der Waals surface area contributed by atoms with Gasteiger partial charge in [-0.2, -0.15) is 0 Å². The Morgan fingerprint density at radius 2 is 1.77 bits per heavy atom. The average molecular weight is 296 g/mol. The maximum atomic E-state index is 12.2. The minimum Gasteiger partial charge on any atom is -0.348 e. The second-order valence-corrected chi connectivity index (χ2v) is 5.14. The fraction of sp³-hybridized carbons (Fsp3) is 0.188. The van der Waals surface area contributed by atoms with E-state index in [4.69, 9.17) is 0 Å². The van der Waals surface area contributed by atoms with Crippen molar-refractivity contribution >= 4 is 16.9 Å². The van der Waals surface area contributed by atoms with E-state index in [0.717, 1.165) is 16.6 Å². The number of pyridine rings is 1. The molecule has 0 saturated carbocycles. The van der Waals surface area contributed by atoms with Crippen molar-refractivity contribution in [1.29, 1.82) is 0 Å². The molecule has 0 radical (unpaired) electrons. The first-order valence-corrected chi connectivity index (χ1v) is 6.90.